The predicted octanol–water partition coefficient (Wildman–Crippen LogP) is 12.2. The van der Waals surface area contributed by atoms with Crippen molar-refractivity contribution in [1.29, 1.82) is 0 Å². The summed E-state index contributed by atoms with van der Waals surface area (Å²) in [4.78, 5) is 13.2. The summed E-state index contributed by atoms with van der Waals surface area (Å²) in [6, 6.07) is 60.0. The van der Waals surface area contributed by atoms with Crippen molar-refractivity contribution in [3.05, 3.63) is 200 Å². The molecule has 0 saturated carbocycles. The standard InChI is InChI=1S/C37H25N2O.C11H8N.Ir/c1-25-31(16-17-36-33(25)23-37(40-36)30-13-8-19-38-24-30)34-21-29(14-15-32(34)27-11-6-3-7-12-27)35-22-28(18-20-39-35)26-9-4-2-5-10-26;1-2-6-10(7-3-1)11-8-4-5-9-12-11;/h2-13,15-24H,1H3;1-6,8-9H;/q2*-1;. The quantitative estimate of drug-likeness (QED) is 0.156. The molecule has 1 radical (unpaired) electrons. The molecule has 53 heavy (non-hydrogen) atoms. The van der Waals surface area contributed by atoms with Crippen LogP contribution in [0.4, 0.5) is 0 Å². The van der Waals surface area contributed by atoms with Crippen LogP contribution in [-0.4, -0.2) is 15.0 Å². The molecule has 0 saturated heterocycles. The number of rotatable bonds is 6. The molecule has 0 unspecified atom stereocenters. The van der Waals surface area contributed by atoms with Gasteiger partial charge in [0.25, 0.3) is 0 Å². The van der Waals surface area contributed by atoms with Gasteiger partial charge in [0, 0.05) is 55.8 Å². The van der Waals surface area contributed by atoms with Crippen LogP contribution in [0.5, 0.6) is 0 Å². The van der Waals surface area contributed by atoms with Crippen molar-refractivity contribution in [3.63, 3.8) is 0 Å². The SMILES string of the molecule is Cc1c(-c2cc(-c3cc(-c4ccccc4)ccn3)[c-]cc2-c2ccccc2)ccc2oc(-c3cccnc3)cc12.[Ir].[c-]1ccccc1-c1ccccn1. The average Bonchev–Trinajstić information content (AvgIpc) is 3.68. The van der Waals surface area contributed by atoms with E-state index in [0.717, 1.165) is 83.8 Å². The maximum absolute atomic E-state index is 6.23. The average molecular weight is 860 g/mol. The second kappa shape index (κ2) is 16.4. The minimum atomic E-state index is 0. The van der Waals surface area contributed by atoms with Crippen LogP contribution in [0.3, 0.4) is 0 Å². The Morgan fingerprint density at radius 2 is 1.26 bits per heavy atom. The molecule has 0 spiro atoms. The number of pyridine rings is 3. The van der Waals surface area contributed by atoms with Crippen molar-refractivity contribution >= 4 is 11.0 Å². The van der Waals surface area contributed by atoms with Crippen LogP contribution in [0.2, 0.25) is 0 Å². The molecule has 5 heteroatoms. The molecule has 0 amide bonds. The van der Waals surface area contributed by atoms with E-state index in [1.807, 2.05) is 79.1 Å². The number of benzene rings is 5. The summed E-state index contributed by atoms with van der Waals surface area (Å²) >= 11 is 0. The van der Waals surface area contributed by atoms with E-state index >= 15 is 0 Å². The Morgan fingerprint density at radius 1 is 0.509 bits per heavy atom. The van der Waals surface area contributed by atoms with Gasteiger partial charge in [-0.1, -0.05) is 102 Å². The maximum atomic E-state index is 6.23. The summed E-state index contributed by atoms with van der Waals surface area (Å²) in [5.74, 6) is 0.815. The van der Waals surface area contributed by atoms with Gasteiger partial charge in [0.2, 0.25) is 0 Å². The van der Waals surface area contributed by atoms with Crippen LogP contribution in [0.25, 0.3) is 78.2 Å². The number of furan rings is 1. The fourth-order valence-corrected chi connectivity index (χ4v) is 6.38. The first kappa shape index (κ1) is 35.2. The van der Waals surface area contributed by atoms with E-state index in [4.69, 9.17) is 9.40 Å². The molecular weight excluding hydrogens is 827 g/mol. The first-order chi connectivity index (χ1) is 25.7. The fourth-order valence-electron chi connectivity index (χ4n) is 6.38. The van der Waals surface area contributed by atoms with Gasteiger partial charge in [0.1, 0.15) is 11.3 Å². The van der Waals surface area contributed by atoms with Crippen molar-refractivity contribution in [2.75, 3.05) is 0 Å². The molecule has 4 aromatic heterocycles. The van der Waals surface area contributed by atoms with Crippen molar-refractivity contribution in [1.82, 2.24) is 15.0 Å². The summed E-state index contributed by atoms with van der Waals surface area (Å²) in [6.45, 7) is 2.17. The summed E-state index contributed by atoms with van der Waals surface area (Å²) in [6.07, 6.45) is 7.27. The second-order valence-electron chi connectivity index (χ2n) is 12.3. The van der Waals surface area contributed by atoms with E-state index in [1.165, 1.54) is 0 Å². The topological polar surface area (TPSA) is 51.8 Å². The first-order valence-corrected chi connectivity index (χ1v) is 17.2. The smallest absolute Gasteiger partial charge is 0.136 e. The second-order valence-corrected chi connectivity index (χ2v) is 12.3. The van der Waals surface area contributed by atoms with Crippen LogP contribution in [0.15, 0.2) is 187 Å². The summed E-state index contributed by atoms with van der Waals surface area (Å²) in [7, 11) is 0. The maximum Gasteiger partial charge on any atom is 0.136 e. The molecule has 0 aliphatic rings. The number of nitrogens with zero attached hydrogens (tertiary/aromatic N) is 3. The van der Waals surface area contributed by atoms with Gasteiger partial charge in [-0.2, -0.15) is 0 Å². The molecule has 0 bridgehead atoms. The molecule has 4 heterocycles. The molecule has 5 aromatic carbocycles. The fraction of sp³-hybridized carbons (Fsp3) is 0.0208. The molecule has 0 aliphatic heterocycles. The Hall–Kier alpha value is -6.26. The molecule has 4 nitrogen and oxygen atoms in total. The number of hydrogen-bond donors (Lipinski definition) is 0. The minimum Gasteiger partial charge on any atom is -0.456 e. The third kappa shape index (κ3) is 7.83. The third-order valence-electron chi connectivity index (χ3n) is 9.03. The van der Waals surface area contributed by atoms with E-state index in [1.54, 1.807) is 12.4 Å². The van der Waals surface area contributed by atoms with Crippen LogP contribution in [-0.2, 0) is 20.1 Å². The van der Waals surface area contributed by atoms with Gasteiger partial charge in [0.15, 0.2) is 0 Å². The van der Waals surface area contributed by atoms with Gasteiger partial charge >= 0.3 is 0 Å². The third-order valence-corrected chi connectivity index (χ3v) is 9.03. The van der Waals surface area contributed by atoms with Gasteiger partial charge in [-0.3, -0.25) is 4.98 Å². The van der Waals surface area contributed by atoms with E-state index in [0.29, 0.717) is 0 Å². The minimum absolute atomic E-state index is 0. The van der Waals surface area contributed by atoms with E-state index < -0.39 is 0 Å². The summed E-state index contributed by atoms with van der Waals surface area (Å²) in [5, 5.41) is 1.09. The Labute approximate surface area is 323 Å². The van der Waals surface area contributed by atoms with Gasteiger partial charge in [0.05, 0.1) is 0 Å². The first-order valence-electron chi connectivity index (χ1n) is 17.2. The predicted molar refractivity (Wildman–Crippen MR) is 211 cm³/mol. The summed E-state index contributed by atoms with van der Waals surface area (Å²) in [5.41, 5.74) is 13.7. The van der Waals surface area contributed by atoms with Gasteiger partial charge in [-0.05, 0) is 77.0 Å². The monoisotopic (exact) mass is 860 g/mol. The number of aromatic nitrogens is 3. The number of hydrogen-bond acceptors (Lipinski definition) is 4. The summed E-state index contributed by atoms with van der Waals surface area (Å²) < 4.78 is 6.23. The van der Waals surface area contributed by atoms with Crippen LogP contribution < -0.4 is 0 Å². The van der Waals surface area contributed by atoms with Crippen molar-refractivity contribution < 1.29 is 24.5 Å². The number of fused-ring (bicyclic) bond motifs is 1. The van der Waals surface area contributed by atoms with Crippen LogP contribution in [0, 0.1) is 19.1 Å². The Kier molecular flexibility index (Phi) is 10.9. The largest absolute Gasteiger partial charge is 0.456 e. The van der Waals surface area contributed by atoms with Gasteiger partial charge < -0.3 is 14.4 Å². The zero-order valence-corrected chi connectivity index (χ0v) is 31.3. The van der Waals surface area contributed by atoms with E-state index in [-0.39, 0.29) is 20.1 Å². The zero-order valence-electron chi connectivity index (χ0n) is 28.9. The van der Waals surface area contributed by atoms with Crippen molar-refractivity contribution in [2.24, 2.45) is 0 Å². The molecular formula is C48H33IrN3O-2. The molecule has 9 rings (SSSR count). The van der Waals surface area contributed by atoms with Crippen molar-refractivity contribution in [2.45, 2.75) is 6.92 Å². The van der Waals surface area contributed by atoms with E-state index in [9.17, 15) is 0 Å². The Bertz CT molecular complexity index is 2520. The molecule has 0 N–H and O–H groups in total. The van der Waals surface area contributed by atoms with Crippen LogP contribution in [0.1, 0.15) is 5.56 Å². The molecule has 0 aliphatic carbocycles. The molecule has 257 valence electrons. The normalized spacial score (nSPS) is 10.6. The van der Waals surface area contributed by atoms with Gasteiger partial charge in [-0.25, -0.2) is 0 Å². The Balaban J connectivity index is 0.000000284. The van der Waals surface area contributed by atoms with Gasteiger partial charge in [-0.15, -0.1) is 59.7 Å². The van der Waals surface area contributed by atoms with Crippen molar-refractivity contribution in [3.8, 4) is 67.2 Å². The van der Waals surface area contributed by atoms with Crippen LogP contribution >= 0.6 is 0 Å². The van der Waals surface area contributed by atoms with E-state index in [2.05, 4.69) is 120 Å². The number of aryl methyl sites for hydroxylation is 1. The molecule has 0 atom stereocenters. The Morgan fingerprint density at radius 3 is 2.00 bits per heavy atom. The zero-order chi connectivity index (χ0) is 35.1. The molecule has 0 fully saturated rings. The molecule has 9 aromatic rings.